The van der Waals surface area contributed by atoms with Crippen molar-refractivity contribution in [2.45, 2.75) is 32.1 Å². The maximum absolute atomic E-state index is 14.5. The summed E-state index contributed by atoms with van der Waals surface area (Å²) < 4.78 is 16.5. The fraction of sp³-hybridized carbons (Fsp3) is 0.474. The zero-order chi connectivity index (χ0) is 18.7. The van der Waals surface area contributed by atoms with Crippen molar-refractivity contribution < 1.29 is 4.39 Å². The van der Waals surface area contributed by atoms with Crippen LogP contribution in [-0.2, 0) is 6.54 Å². The first-order valence-electron chi connectivity index (χ1n) is 8.78. The van der Waals surface area contributed by atoms with Crippen LogP contribution in [0.5, 0.6) is 0 Å². The number of nitrogens with zero attached hydrogens (tertiary/aromatic N) is 4. The highest BCUT2D eigenvalue weighted by molar-refractivity contribution is 14.0. The normalized spacial score (nSPS) is 16.8. The number of nitrogens with one attached hydrogen (secondary N) is 1. The van der Waals surface area contributed by atoms with Crippen LogP contribution in [-0.4, -0.2) is 51.0 Å². The molecule has 5 nitrogen and oxygen atoms in total. The van der Waals surface area contributed by atoms with E-state index in [0.717, 1.165) is 36.2 Å². The molecule has 3 rings (SSSR count). The molecular weight excluding hydrogens is 476 g/mol. The van der Waals surface area contributed by atoms with Crippen molar-refractivity contribution >= 4 is 41.7 Å². The van der Waals surface area contributed by atoms with Crippen LogP contribution < -0.4 is 5.32 Å². The van der Waals surface area contributed by atoms with E-state index in [9.17, 15) is 4.39 Å². The number of hydrogen-bond acceptors (Lipinski definition) is 3. The number of benzene rings is 1. The molecule has 1 aromatic carbocycles. The lowest BCUT2D eigenvalue weighted by Crippen LogP contribution is -2.50. The van der Waals surface area contributed by atoms with E-state index in [1.807, 2.05) is 24.8 Å². The number of guanidine groups is 1. The number of aromatic nitrogens is 2. The summed E-state index contributed by atoms with van der Waals surface area (Å²) in [5.41, 5.74) is 1.40. The average Bonchev–Trinajstić information content (AvgIpc) is 3.00. The van der Waals surface area contributed by atoms with E-state index in [0.29, 0.717) is 12.2 Å². The summed E-state index contributed by atoms with van der Waals surface area (Å²) in [6.45, 7) is 8.83. The number of hydrogen-bond donors (Lipinski definition) is 1. The first-order valence-corrected chi connectivity index (χ1v) is 9.76. The molecule has 1 aliphatic heterocycles. The van der Waals surface area contributed by atoms with Gasteiger partial charge in [-0.1, -0.05) is 6.07 Å². The van der Waals surface area contributed by atoms with Crippen LogP contribution >= 0.6 is 35.7 Å². The van der Waals surface area contributed by atoms with Gasteiger partial charge in [-0.3, -0.25) is 4.99 Å². The van der Waals surface area contributed by atoms with Gasteiger partial charge in [-0.05, 0) is 38.5 Å². The van der Waals surface area contributed by atoms with Crippen molar-refractivity contribution in [3.8, 4) is 5.69 Å². The lowest BCUT2D eigenvalue weighted by atomic mass is 10.2. The minimum atomic E-state index is -0.254. The van der Waals surface area contributed by atoms with E-state index in [1.165, 1.54) is 0 Å². The Morgan fingerprint density at radius 3 is 2.78 bits per heavy atom. The van der Waals surface area contributed by atoms with Gasteiger partial charge >= 0.3 is 0 Å². The summed E-state index contributed by atoms with van der Waals surface area (Å²) in [5.74, 6) is 2.46. The second-order valence-electron chi connectivity index (χ2n) is 7.06. The Hall–Kier alpha value is -1.29. The largest absolute Gasteiger partial charge is 0.352 e. The molecule has 0 amide bonds. The Balaban J connectivity index is 0.00000261. The van der Waals surface area contributed by atoms with Gasteiger partial charge in [-0.2, -0.15) is 11.8 Å². The Morgan fingerprint density at radius 1 is 1.41 bits per heavy atom. The summed E-state index contributed by atoms with van der Waals surface area (Å²) in [4.78, 5) is 10.8. The molecule has 27 heavy (non-hydrogen) atoms. The maximum atomic E-state index is 14.5. The molecule has 0 saturated carbocycles. The van der Waals surface area contributed by atoms with Crippen LogP contribution in [0.4, 0.5) is 4.39 Å². The predicted octanol–water partition coefficient (Wildman–Crippen LogP) is 3.84. The van der Waals surface area contributed by atoms with Crippen molar-refractivity contribution in [3.63, 3.8) is 0 Å². The fourth-order valence-electron chi connectivity index (χ4n) is 3.20. The van der Waals surface area contributed by atoms with Crippen LogP contribution in [0.25, 0.3) is 5.69 Å². The first kappa shape index (κ1) is 22.0. The fourth-order valence-corrected chi connectivity index (χ4v) is 4.31. The van der Waals surface area contributed by atoms with Crippen LogP contribution in [0.2, 0.25) is 0 Å². The summed E-state index contributed by atoms with van der Waals surface area (Å²) >= 11 is 1.99. The molecule has 8 heteroatoms. The highest BCUT2D eigenvalue weighted by Gasteiger charge is 2.28. The van der Waals surface area contributed by atoms with Crippen LogP contribution in [0, 0.1) is 12.7 Å². The second kappa shape index (κ2) is 9.27. The Morgan fingerprint density at radius 2 is 2.19 bits per heavy atom. The van der Waals surface area contributed by atoms with E-state index < -0.39 is 0 Å². The van der Waals surface area contributed by atoms with E-state index >= 15 is 0 Å². The molecule has 1 aliphatic rings. The van der Waals surface area contributed by atoms with Crippen LogP contribution in [0.15, 0.2) is 35.6 Å². The lowest BCUT2D eigenvalue weighted by Gasteiger charge is -2.39. The summed E-state index contributed by atoms with van der Waals surface area (Å²) in [7, 11) is 1.79. The molecule has 148 valence electrons. The van der Waals surface area contributed by atoms with E-state index in [2.05, 4.69) is 34.0 Å². The standard InChI is InChI=1S/C19H26FN5S.HI/c1-14-22-7-8-25(14)17-6-5-15(11-16(17)20)12-23-18(21-4)24-9-10-26-19(2,3)13-24;/h5-8,11H,9-10,12-13H2,1-4H3,(H,21,23);1H. The molecule has 2 aromatic rings. The molecule has 2 heterocycles. The first-order chi connectivity index (χ1) is 12.4. The molecule has 1 aromatic heterocycles. The highest BCUT2D eigenvalue weighted by Crippen LogP contribution is 2.29. The van der Waals surface area contributed by atoms with E-state index in [1.54, 1.807) is 36.1 Å². The Labute approximate surface area is 181 Å². The van der Waals surface area contributed by atoms with Gasteiger partial charge in [0.2, 0.25) is 0 Å². The zero-order valence-corrected chi connectivity index (χ0v) is 19.3. The highest BCUT2D eigenvalue weighted by atomic mass is 127. The van der Waals surface area contributed by atoms with Gasteiger partial charge in [0.05, 0.1) is 5.69 Å². The Bertz CT molecular complexity index is 805. The maximum Gasteiger partial charge on any atom is 0.193 e. The topological polar surface area (TPSA) is 45.5 Å². The average molecular weight is 503 g/mol. The minimum Gasteiger partial charge on any atom is -0.352 e. The van der Waals surface area contributed by atoms with Gasteiger partial charge in [0, 0.05) is 49.6 Å². The number of rotatable bonds is 3. The number of aryl methyl sites for hydroxylation is 1. The van der Waals surface area contributed by atoms with E-state index in [-0.39, 0.29) is 34.5 Å². The minimum absolute atomic E-state index is 0. The molecule has 0 atom stereocenters. The van der Waals surface area contributed by atoms with Crippen molar-refractivity contribution in [1.29, 1.82) is 0 Å². The molecule has 0 spiro atoms. The summed E-state index contributed by atoms with van der Waals surface area (Å²) in [6, 6.07) is 5.31. The molecule has 0 bridgehead atoms. The van der Waals surface area contributed by atoms with Crippen molar-refractivity contribution in [2.75, 3.05) is 25.9 Å². The van der Waals surface area contributed by atoms with Gasteiger partial charge < -0.3 is 14.8 Å². The van der Waals surface area contributed by atoms with Gasteiger partial charge in [0.15, 0.2) is 5.96 Å². The number of halogens is 2. The molecule has 0 radical (unpaired) electrons. The van der Waals surface area contributed by atoms with Crippen molar-refractivity contribution in [3.05, 3.63) is 47.8 Å². The third-order valence-electron chi connectivity index (χ3n) is 4.48. The third-order valence-corrected chi connectivity index (χ3v) is 5.78. The lowest BCUT2D eigenvalue weighted by molar-refractivity contribution is 0.375. The van der Waals surface area contributed by atoms with E-state index in [4.69, 9.17) is 0 Å². The number of aliphatic imine (C=N–C) groups is 1. The van der Waals surface area contributed by atoms with Gasteiger partial charge in [0.25, 0.3) is 0 Å². The predicted molar refractivity (Wildman–Crippen MR) is 122 cm³/mol. The van der Waals surface area contributed by atoms with Crippen molar-refractivity contribution in [2.24, 2.45) is 4.99 Å². The molecule has 1 saturated heterocycles. The smallest absolute Gasteiger partial charge is 0.193 e. The molecule has 0 unspecified atom stereocenters. The summed E-state index contributed by atoms with van der Waals surface area (Å²) in [5, 5.41) is 3.37. The summed E-state index contributed by atoms with van der Waals surface area (Å²) in [6.07, 6.45) is 3.44. The second-order valence-corrected chi connectivity index (χ2v) is 8.86. The third kappa shape index (κ3) is 5.37. The molecule has 0 aliphatic carbocycles. The molecule has 1 fully saturated rings. The monoisotopic (exact) mass is 503 g/mol. The quantitative estimate of drug-likeness (QED) is 0.393. The molecular formula is C19H27FIN5S. The zero-order valence-electron chi connectivity index (χ0n) is 16.2. The van der Waals surface area contributed by atoms with Gasteiger partial charge in [-0.15, -0.1) is 24.0 Å². The van der Waals surface area contributed by atoms with Crippen LogP contribution in [0.1, 0.15) is 25.2 Å². The van der Waals surface area contributed by atoms with Crippen molar-refractivity contribution in [1.82, 2.24) is 19.8 Å². The Kier molecular flexibility index (Phi) is 7.55. The SMILES string of the molecule is CN=C(NCc1ccc(-n2ccnc2C)c(F)c1)N1CCSC(C)(C)C1.I. The molecule has 1 N–H and O–H groups in total. The number of thioether (sulfide) groups is 1. The van der Waals surface area contributed by atoms with Crippen LogP contribution in [0.3, 0.4) is 0 Å². The number of imidazole rings is 1. The van der Waals surface area contributed by atoms with Gasteiger partial charge in [0.1, 0.15) is 11.6 Å². The van der Waals surface area contributed by atoms with Gasteiger partial charge in [-0.25, -0.2) is 9.37 Å².